The van der Waals surface area contributed by atoms with Crippen LogP contribution in [0.15, 0.2) is 121 Å². The van der Waals surface area contributed by atoms with Gasteiger partial charge >= 0.3 is 18.2 Å². The zero-order valence-corrected chi connectivity index (χ0v) is 45.3. The smallest absolute Gasteiger partial charge is 0.410 e. The van der Waals surface area contributed by atoms with Crippen molar-refractivity contribution in [2.45, 2.75) is 155 Å². The second kappa shape index (κ2) is 32.5. The van der Waals surface area contributed by atoms with Crippen molar-refractivity contribution < 1.29 is 33.8 Å². The van der Waals surface area contributed by atoms with E-state index in [9.17, 15) is 24.3 Å². The van der Waals surface area contributed by atoms with E-state index in [2.05, 4.69) is 78.1 Å². The highest BCUT2D eigenvalue weighted by molar-refractivity contribution is 5.78. The van der Waals surface area contributed by atoms with Crippen LogP contribution in [0, 0.1) is 23.7 Å². The molecule has 4 N–H and O–H groups in total. The number of carboxylic acid groups (broad SMARTS) is 1. The van der Waals surface area contributed by atoms with Crippen LogP contribution in [0.4, 0.5) is 9.59 Å². The number of piperidine rings is 2. The Balaban J connectivity index is 0.000000264. The molecule has 0 radical (unpaired) electrons. The molecule has 2 heterocycles. The van der Waals surface area contributed by atoms with Crippen molar-refractivity contribution in [3.8, 4) is 0 Å². The van der Waals surface area contributed by atoms with E-state index in [1.54, 1.807) is 9.80 Å². The highest BCUT2D eigenvalue weighted by atomic mass is 16.6. The zero-order chi connectivity index (χ0) is 52.9. The summed E-state index contributed by atoms with van der Waals surface area (Å²) in [5, 5.41) is 12.6. The van der Waals surface area contributed by atoms with Gasteiger partial charge in [-0.1, -0.05) is 121 Å². The molecule has 0 saturated carbocycles. The summed E-state index contributed by atoms with van der Waals surface area (Å²) in [6.07, 6.45) is 14.5. The summed E-state index contributed by atoms with van der Waals surface area (Å²) in [6, 6.07) is 41.6. The molecule has 6 rings (SSSR count). The molecule has 4 aromatic rings. The first kappa shape index (κ1) is 59.9. The largest absolute Gasteiger partial charge is 0.481 e. The van der Waals surface area contributed by atoms with Crippen LogP contribution in [0.25, 0.3) is 0 Å². The monoisotopic (exact) mass is 1000 g/mol. The highest BCUT2D eigenvalue weighted by Gasteiger charge is 2.29. The van der Waals surface area contributed by atoms with Crippen LogP contribution < -0.4 is 11.1 Å². The maximum absolute atomic E-state index is 13.2. The van der Waals surface area contributed by atoms with Gasteiger partial charge in [0.2, 0.25) is 5.91 Å². The van der Waals surface area contributed by atoms with E-state index >= 15 is 0 Å². The number of carbonyl (C=O) groups excluding carboxylic acids is 3. The van der Waals surface area contributed by atoms with Crippen LogP contribution >= 0.6 is 0 Å². The lowest BCUT2D eigenvalue weighted by Gasteiger charge is -2.33. The lowest BCUT2D eigenvalue weighted by atomic mass is 9.92. The number of nitrogens with one attached hydrogen (secondary N) is 1. The molecule has 11 heteroatoms. The molecule has 3 amide bonds. The molecule has 2 fully saturated rings. The van der Waals surface area contributed by atoms with Crippen molar-refractivity contribution in [3.63, 3.8) is 0 Å². The van der Waals surface area contributed by atoms with E-state index in [1.807, 2.05) is 90.1 Å². The van der Waals surface area contributed by atoms with Gasteiger partial charge in [0.05, 0.1) is 5.92 Å². The van der Waals surface area contributed by atoms with Gasteiger partial charge in [0.1, 0.15) is 11.2 Å². The summed E-state index contributed by atoms with van der Waals surface area (Å²) in [5.41, 5.74) is 9.95. The van der Waals surface area contributed by atoms with Gasteiger partial charge in [-0.15, -0.1) is 0 Å². The average Bonchev–Trinajstić information content (AvgIpc) is 3.38. The Bertz CT molecular complexity index is 2040. The van der Waals surface area contributed by atoms with Crippen molar-refractivity contribution in [2.24, 2.45) is 29.4 Å². The summed E-state index contributed by atoms with van der Waals surface area (Å²) in [7, 11) is 0. The molecule has 73 heavy (non-hydrogen) atoms. The fourth-order valence-corrected chi connectivity index (χ4v) is 9.30. The molecule has 400 valence electrons. The van der Waals surface area contributed by atoms with E-state index in [-0.39, 0.29) is 29.9 Å². The number of nitrogens with two attached hydrogens (primary N) is 1. The molecule has 2 aliphatic rings. The van der Waals surface area contributed by atoms with E-state index < -0.39 is 17.2 Å². The lowest BCUT2D eigenvalue weighted by molar-refractivity contribution is -0.142. The Morgan fingerprint density at radius 2 is 0.822 bits per heavy atom. The fourth-order valence-electron chi connectivity index (χ4n) is 9.30. The number of hydrogen-bond acceptors (Lipinski definition) is 7. The van der Waals surface area contributed by atoms with Gasteiger partial charge < -0.3 is 35.4 Å². The molecule has 2 aliphatic heterocycles. The van der Waals surface area contributed by atoms with Crippen LogP contribution in [-0.4, -0.2) is 89.4 Å². The molecule has 11 nitrogen and oxygen atoms in total. The number of amides is 3. The van der Waals surface area contributed by atoms with Gasteiger partial charge in [-0.3, -0.25) is 9.59 Å². The van der Waals surface area contributed by atoms with E-state index in [4.69, 9.17) is 15.2 Å². The van der Waals surface area contributed by atoms with E-state index in [0.717, 1.165) is 122 Å². The summed E-state index contributed by atoms with van der Waals surface area (Å²) in [4.78, 5) is 52.2. The molecule has 2 saturated heterocycles. The number of rotatable bonds is 21. The van der Waals surface area contributed by atoms with E-state index in [0.29, 0.717) is 31.5 Å². The minimum atomic E-state index is -0.652. The van der Waals surface area contributed by atoms with Crippen molar-refractivity contribution in [3.05, 3.63) is 144 Å². The van der Waals surface area contributed by atoms with Crippen molar-refractivity contribution >= 4 is 24.1 Å². The van der Waals surface area contributed by atoms with Gasteiger partial charge in [0.25, 0.3) is 0 Å². The van der Waals surface area contributed by atoms with Crippen LogP contribution in [0.3, 0.4) is 0 Å². The quantitative estimate of drug-likeness (QED) is 0.0746. The Labute approximate surface area is 439 Å². The minimum absolute atomic E-state index is 0.0410. The fraction of sp³-hybridized carbons (Fsp3) is 0.548. The molecule has 0 bridgehead atoms. The second-order valence-corrected chi connectivity index (χ2v) is 22.0. The van der Waals surface area contributed by atoms with Crippen LogP contribution in [0.1, 0.15) is 141 Å². The number of carbonyl (C=O) groups is 4. The number of hydrogen-bond donors (Lipinski definition) is 3. The molecule has 0 spiro atoms. The Morgan fingerprint density at radius 1 is 0.521 bits per heavy atom. The molecule has 4 aromatic carbocycles. The van der Waals surface area contributed by atoms with Gasteiger partial charge in [-0.05, 0) is 185 Å². The molecule has 0 aliphatic carbocycles. The third kappa shape index (κ3) is 25.7. The molecule has 0 atom stereocenters. The van der Waals surface area contributed by atoms with Crippen molar-refractivity contribution in [1.82, 2.24) is 15.1 Å². The number of benzene rings is 4. The average molecular weight is 1000 g/mol. The van der Waals surface area contributed by atoms with Crippen LogP contribution in [0.5, 0.6) is 0 Å². The summed E-state index contributed by atoms with van der Waals surface area (Å²) < 4.78 is 10.8. The summed E-state index contributed by atoms with van der Waals surface area (Å²) in [6.45, 7) is 15.7. The third-order valence-corrected chi connectivity index (χ3v) is 13.6. The molecular weight excluding hydrogens is 913 g/mol. The first-order valence-electron chi connectivity index (χ1n) is 27.3. The number of carboxylic acids is 1. The van der Waals surface area contributed by atoms with E-state index in [1.165, 1.54) is 22.3 Å². The number of nitrogens with zero attached hydrogens (tertiary/aromatic N) is 2. The second-order valence-electron chi connectivity index (χ2n) is 22.0. The van der Waals surface area contributed by atoms with Gasteiger partial charge in [-0.2, -0.15) is 0 Å². The molecule has 0 aromatic heterocycles. The predicted molar refractivity (Wildman–Crippen MR) is 295 cm³/mol. The maximum atomic E-state index is 13.2. The van der Waals surface area contributed by atoms with Crippen LogP contribution in [0.2, 0.25) is 0 Å². The minimum Gasteiger partial charge on any atom is -0.481 e. The standard InChI is InChI=1S/C31H44N2O3.C20H24O2.C11H22N2O2/c1-31(2,3)36-30(35)33-22-20-27(21-23-33)24-32-29(34)28(18-10-16-25-12-6-4-7-13-25)19-11-17-26-14-8-5-9-15-26;21-20(22)19(15-7-13-17-9-3-1-4-10-17)16-8-14-18-11-5-2-6-12-18;1-11(2,3)15-10(14)13-6-4-9(8-12)5-7-13/h4-9,12-15,27-28H,10-11,16-24H2,1-3H3,(H,32,34);1-6,9-12,19H,7-8,13-16H2,(H,21,22);9H,4-8,12H2,1-3H3. The lowest BCUT2D eigenvalue weighted by Crippen LogP contribution is -2.44. The van der Waals surface area contributed by atoms with Gasteiger partial charge in [0.15, 0.2) is 0 Å². The first-order chi connectivity index (χ1) is 35.0. The number of aliphatic carboxylic acids is 1. The third-order valence-electron chi connectivity index (χ3n) is 13.6. The Morgan fingerprint density at radius 3 is 1.11 bits per heavy atom. The Kier molecular flexibility index (Phi) is 26.7. The number of likely N-dealkylation sites (tertiary alicyclic amines) is 2. The highest BCUT2D eigenvalue weighted by Crippen LogP contribution is 2.23. The topological polar surface area (TPSA) is 152 Å². The summed E-state index contributed by atoms with van der Waals surface area (Å²) >= 11 is 0. The van der Waals surface area contributed by atoms with Gasteiger partial charge in [-0.25, -0.2) is 9.59 Å². The molecular formula is C62H90N4O7. The first-order valence-corrected chi connectivity index (χ1v) is 27.3. The SMILES string of the molecule is CC(C)(C)OC(=O)N1CCC(CN)CC1.CC(C)(C)OC(=O)N1CCC(CNC(=O)C(CCCc2ccccc2)CCCc2ccccc2)CC1.O=C(O)C(CCCc1ccccc1)CCCc1ccccc1. The normalized spacial score (nSPS) is 14.4. The molecule has 0 unspecified atom stereocenters. The Hall–Kier alpha value is -5.68. The van der Waals surface area contributed by atoms with Crippen molar-refractivity contribution in [2.75, 3.05) is 39.3 Å². The number of ether oxygens (including phenoxy) is 2. The predicted octanol–water partition coefficient (Wildman–Crippen LogP) is 12.7. The number of aryl methyl sites for hydroxylation is 4. The van der Waals surface area contributed by atoms with Gasteiger partial charge in [0, 0.05) is 38.6 Å². The van der Waals surface area contributed by atoms with Crippen molar-refractivity contribution in [1.29, 1.82) is 0 Å². The maximum Gasteiger partial charge on any atom is 0.410 e. The zero-order valence-electron chi connectivity index (χ0n) is 45.3. The van der Waals surface area contributed by atoms with Crippen LogP contribution in [-0.2, 0) is 44.7 Å². The summed E-state index contributed by atoms with van der Waals surface area (Å²) in [5.74, 6) is 0.337.